The summed E-state index contributed by atoms with van der Waals surface area (Å²) in [6, 6.07) is 1.79. The third-order valence-corrected chi connectivity index (χ3v) is 4.43. The maximum atomic E-state index is 12.3. The number of H-pyrrole nitrogens is 1. The molecule has 0 amide bonds. The van der Waals surface area contributed by atoms with Crippen molar-refractivity contribution in [3.05, 3.63) is 29.8 Å². The quantitative estimate of drug-likeness (QED) is 0.646. The Morgan fingerprint density at radius 2 is 2.25 bits per heavy atom. The Morgan fingerprint density at radius 3 is 2.90 bits per heavy atom. The van der Waals surface area contributed by atoms with Crippen molar-refractivity contribution < 1.29 is 8.42 Å². The van der Waals surface area contributed by atoms with Gasteiger partial charge in [0, 0.05) is 25.5 Å². The van der Waals surface area contributed by atoms with Gasteiger partial charge in [0.15, 0.2) is 0 Å². The molecule has 0 radical (unpaired) electrons. The van der Waals surface area contributed by atoms with E-state index >= 15 is 0 Å². The number of nitrogens with zero attached hydrogens (tertiary/aromatic N) is 3. The summed E-state index contributed by atoms with van der Waals surface area (Å²) in [5.74, 6) is 0. The molecule has 0 aliphatic heterocycles. The van der Waals surface area contributed by atoms with Crippen LogP contribution in [0, 0.1) is 6.92 Å². The molecule has 3 N–H and O–H groups in total. The van der Waals surface area contributed by atoms with Crippen molar-refractivity contribution >= 4 is 10.0 Å². The third kappa shape index (κ3) is 3.24. The molecule has 20 heavy (non-hydrogen) atoms. The van der Waals surface area contributed by atoms with E-state index in [0.29, 0.717) is 24.5 Å². The summed E-state index contributed by atoms with van der Waals surface area (Å²) in [4.78, 5) is 0.215. The minimum atomic E-state index is -3.58. The molecule has 2 heterocycles. The maximum Gasteiger partial charge on any atom is 0.244 e. The number of aromatic nitrogens is 4. The lowest BCUT2D eigenvalue weighted by Crippen LogP contribution is -2.29. The molecule has 2 aromatic heterocycles. The molecule has 110 valence electrons. The average Bonchev–Trinajstić information content (AvgIpc) is 3.00. The lowest BCUT2D eigenvalue weighted by Gasteiger charge is -2.08. The molecular weight excluding hydrogens is 280 g/mol. The number of aromatic amines is 1. The fourth-order valence-electron chi connectivity index (χ4n) is 1.91. The van der Waals surface area contributed by atoms with Gasteiger partial charge in [0.05, 0.1) is 17.9 Å². The molecule has 0 saturated heterocycles. The largest absolute Gasteiger partial charge is 0.314 e. The summed E-state index contributed by atoms with van der Waals surface area (Å²) >= 11 is 0. The highest BCUT2D eigenvalue weighted by Crippen LogP contribution is 2.17. The highest BCUT2D eigenvalue weighted by molar-refractivity contribution is 7.89. The Bertz CT molecular complexity index is 647. The second-order valence-electron chi connectivity index (χ2n) is 4.32. The Balaban J connectivity index is 2.08. The lowest BCUT2D eigenvalue weighted by molar-refractivity contribution is 0.559. The van der Waals surface area contributed by atoms with Gasteiger partial charge in [0.2, 0.25) is 10.0 Å². The first-order chi connectivity index (χ1) is 9.54. The molecule has 0 unspecified atom stereocenters. The van der Waals surface area contributed by atoms with Gasteiger partial charge in [-0.25, -0.2) is 13.1 Å². The van der Waals surface area contributed by atoms with Gasteiger partial charge in [-0.15, -0.1) is 0 Å². The van der Waals surface area contributed by atoms with Crippen molar-refractivity contribution in [2.24, 2.45) is 0 Å². The van der Waals surface area contributed by atoms with Crippen LogP contribution < -0.4 is 10.0 Å². The normalized spacial score (nSPS) is 11.9. The summed E-state index contributed by atoms with van der Waals surface area (Å²) in [6.07, 6.45) is 3.43. The summed E-state index contributed by atoms with van der Waals surface area (Å²) < 4.78 is 28.8. The number of hydrogen-bond acceptors (Lipinski definition) is 5. The summed E-state index contributed by atoms with van der Waals surface area (Å²) in [5.41, 5.74) is 1.01. The van der Waals surface area contributed by atoms with E-state index in [-0.39, 0.29) is 11.4 Å². The van der Waals surface area contributed by atoms with Gasteiger partial charge < -0.3 is 5.32 Å². The van der Waals surface area contributed by atoms with Crippen LogP contribution in [0.25, 0.3) is 0 Å². The number of sulfonamides is 1. The van der Waals surface area contributed by atoms with E-state index < -0.39 is 10.0 Å². The first-order valence-corrected chi connectivity index (χ1v) is 7.68. The van der Waals surface area contributed by atoms with Crippen molar-refractivity contribution in [3.63, 3.8) is 0 Å². The third-order valence-electron chi connectivity index (χ3n) is 2.77. The van der Waals surface area contributed by atoms with Crippen LogP contribution in [-0.4, -0.2) is 42.0 Å². The van der Waals surface area contributed by atoms with Gasteiger partial charge in [-0.05, 0) is 20.0 Å². The van der Waals surface area contributed by atoms with E-state index in [2.05, 4.69) is 25.3 Å². The van der Waals surface area contributed by atoms with Crippen LogP contribution in [-0.2, 0) is 23.1 Å². The van der Waals surface area contributed by atoms with E-state index in [1.54, 1.807) is 37.1 Å². The van der Waals surface area contributed by atoms with Gasteiger partial charge in [-0.3, -0.25) is 9.78 Å². The van der Waals surface area contributed by atoms with Crippen molar-refractivity contribution in [1.82, 2.24) is 30.0 Å². The molecular formula is C11H18N6O2S. The second-order valence-corrected chi connectivity index (χ2v) is 6.03. The van der Waals surface area contributed by atoms with Crippen LogP contribution in [0.2, 0.25) is 0 Å². The summed E-state index contributed by atoms with van der Waals surface area (Å²) in [5, 5.41) is 13.6. The number of hydrogen-bond donors (Lipinski definition) is 3. The van der Waals surface area contributed by atoms with E-state index in [4.69, 9.17) is 0 Å². The zero-order valence-corrected chi connectivity index (χ0v) is 12.2. The Kier molecular flexibility index (Phi) is 4.53. The van der Waals surface area contributed by atoms with E-state index in [1.165, 1.54) is 0 Å². The molecule has 8 nitrogen and oxygen atoms in total. The SMILES string of the molecule is CNCc1n[nH]c(C)c1S(=O)(=O)NCCn1cccn1. The summed E-state index contributed by atoms with van der Waals surface area (Å²) in [6.45, 7) is 2.83. The van der Waals surface area contributed by atoms with Crippen LogP contribution in [0.1, 0.15) is 11.4 Å². The molecule has 9 heteroatoms. The van der Waals surface area contributed by atoms with Crippen molar-refractivity contribution in [2.45, 2.75) is 24.9 Å². The van der Waals surface area contributed by atoms with Crippen LogP contribution >= 0.6 is 0 Å². The van der Waals surface area contributed by atoms with Crippen LogP contribution in [0.3, 0.4) is 0 Å². The van der Waals surface area contributed by atoms with Gasteiger partial charge in [0.25, 0.3) is 0 Å². The second kappa shape index (κ2) is 6.16. The van der Waals surface area contributed by atoms with E-state index in [0.717, 1.165) is 0 Å². The Labute approximate surface area is 117 Å². The maximum absolute atomic E-state index is 12.3. The molecule has 0 saturated carbocycles. The predicted octanol–water partition coefficient (Wildman–Crippen LogP) is -0.387. The minimum absolute atomic E-state index is 0.215. The fourth-order valence-corrected chi connectivity index (χ4v) is 3.29. The fraction of sp³-hybridized carbons (Fsp3) is 0.455. The van der Waals surface area contributed by atoms with Gasteiger partial charge in [-0.1, -0.05) is 0 Å². The van der Waals surface area contributed by atoms with Gasteiger partial charge in [0.1, 0.15) is 4.90 Å². The van der Waals surface area contributed by atoms with Crippen molar-refractivity contribution in [2.75, 3.05) is 13.6 Å². The van der Waals surface area contributed by atoms with Crippen molar-refractivity contribution in [3.8, 4) is 0 Å². The number of aryl methyl sites for hydroxylation is 1. The molecule has 2 aromatic rings. The first kappa shape index (κ1) is 14.7. The molecule has 0 bridgehead atoms. The molecule has 0 aromatic carbocycles. The van der Waals surface area contributed by atoms with Crippen LogP contribution in [0.5, 0.6) is 0 Å². The first-order valence-electron chi connectivity index (χ1n) is 6.20. The average molecular weight is 298 g/mol. The standard InChI is InChI=1S/C11H18N6O2S/c1-9-11(10(8-12-2)16-15-9)20(18,19)14-5-7-17-6-3-4-13-17/h3-4,6,12,14H,5,7-8H2,1-2H3,(H,15,16). The smallest absolute Gasteiger partial charge is 0.244 e. The van der Waals surface area contributed by atoms with Gasteiger partial charge >= 0.3 is 0 Å². The molecule has 0 fully saturated rings. The highest BCUT2D eigenvalue weighted by Gasteiger charge is 2.23. The summed E-state index contributed by atoms with van der Waals surface area (Å²) in [7, 11) is -1.84. The molecule has 0 aliphatic carbocycles. The molecule has 0 aliphatic rings. The minimum Gasteiger partial charge on any atom is -0.314 e. The Hall–Kier alpha value is -1.71. The number of rotatable bonds is 7. The topological polar surface area (TPSA) is 105 Å². The molecule has 2 rings (SSSR count). The van der Waals surface area contributed by atoms with Crippen LogP contribution in [0.4, 0.5) is 0 Å². The molecule has 0 atom stereocenters. The predicted molar refractivity (Wildman–Crippen MR) is 73.5 cm³/mol. The zero-order chi connectivity index (χ0) is 14.6. The van der Waals surface area contributed by atoms with Crippen molar-refractivity contribution in [1.29, 1.82) is 0 Å². The van der Waals surface area contributed by atoms with E-state index in [1.807, 2.05) is 0 Å². The van der Waals surface area contributed by atoms with Crippen LogP contribution in [0.15, 0.2) is 23.4 Å². The van der Waals surface area contributed by atoms with E-state index in [9.17, 15) is 8.42 Å². The zero-order valence-electron chi connectivity index (χ0n) is 11.4. The number of nitrogens with one attached hydrogen (secondary N) is 3. The van der Waals surface area contributed by atoms with Gasteiger partial charge in [-0.2, -0.15) is 10.2 Å². The molecule has 0 spiro atoms. The lowest BCUT2D eigenvalue weighted by atomic mass is 10.4. The highest BCUT2D eigenvalue weighted by atomic mass is 32.2. The monoisotopic (exact) mass is 298 g/mol. The Morgan fingerprint density at radius 1 is 1.45 bits per heavy atom.